The summed E-state index contributed by atoms with van der Waals surface area (Å²) in [6.45, 7) is 3.27. The monoisotopic (exact) mass is 265 g/mol. The van der Waals surface area contributed by atoms with Crippen LogP contribution in [-0.2, 0) is 4.79 Å². The van der Waals surface area contributed by atoms with Crippen molar-refractivity contribution in [1.82, 2.24) is 4.90 Å². The van der Waals surface area contributed by atoms with E-state index >= 15 is 0 Å². The van der Waals surface area contributed by atoms with Gasteiger partial charge in [-0.25, -0.2) is 0 Å². The fourth-order valence-corrected chi connectivity index (χ4v) is 2.31. The van der Waals surface area contributed by atoms with Crippen molar-refractivity contribution < 1.29 is 19.4 Å². The minimum atomic E-state index is -0.712. The highest BCUT2D eigenvalue weighted by Gasteiger charge is 2.35. The highest BCUT2D eigenvalue weighted by molar-refractivity contribution is 5.71. The summed E-state index contributed by atoms with van der Waals surface area (Å²) >= 11 is 0. The SMILES string of the molecule is COc1ccc(C(C)N2CC(C(=O)O)C2)cc1OC. The van der Waals surface area contributed by atoms with E-state index < -0.39 is 5.97 Å². The number of aliphatic carboxylic acids is 1. The van der Waals surface area contributed by atoms with Gasteiger partial charge in [0.25, 0.3) is 0 Å². The van der Waals surface area contributed by atoms with E-state index in [2.05, 4.69) is 11.8 Å². The number of benzene rings is 1. The van der Waals surface area contributed by atoms with E-state index in [-0.39, 0.29) is 12.0 Å². The Morgan fingerprint density at radius 1 is 1.32 bits per heavy atom. The molecule has 1 aromatic rings. The number of carboxylic acid groups (broad SMARTS) is 1. The molecule has 1 heterocycles. The van der Waals surface area contributed by atoms with E-state index in [1.807, 2.05) is 18.2 Å². The average molecular weight is 265 g/mol. The number of ether oxygens (including phenoxy) is 2. The van der Waals surface area contributed by atoms with Gasteiger partial charge in [0.2, 0.25) is 0 Å². The van der Waals surface area contributed by atoms with Crippen molar-refractivity contribution in [1.29, 1.82) is 0 Å². The number of nitrogens with zero attached hydrogens (tertiary/aromatic N) is 1. The molecule has 0 saturated carbocycles. The molecule has 1 fully saturated rings. The zero-order valence-corrected chi connectivity index (χ0v) is 11.4. The molecular weight excluding hydrogens is 246 g/mol. The van der Waals surface area contributed by atoms with Gasteiger partial charge >= 0.3 is 5.97 Å². The highest BCUT2D eigenvalue weighted by atomic mass is 16.5. The summed E-state index contributed by atoms with van der Waals surface area (Å²) < 4.78 is 10.5. The molecule has 0 aromatic heterocycles. The quantitative estimate of drug-likeness (QED) is 0.879. The molecule has 1 N–H and O–H groups in total. The number of carbonyl (C=O) groups is 1. The second-order valence-corrected chi connectivity index (χ2v) is 4.78. The van der Waals surface area contributed by atoms with Gasteiger partial charge in [-0.05, 0) is 24.6 Å². The van der Waals surface area contributed by atoms with E-state index in [1.165, 1.54) is 0 Å². The molecule has 19 heavy (non-hydrogen) atoms. The molecule has 1 saturated heterocycles. The Bertz CT molecular complexity index is 469. The van der Waals surface area contributed by atoms with Gasteiger partial charge < -0.3 is 14.6 Å². The number of hydrogen-bond acceptors (Lipinski definition) is 4. The summed E-state index contributed by atoms with van der Waals surface area (Å²) in [4.78, 5) is 12.9. The number of carboxylic acids is 1. The Morgan fingerprint density at radius 2 is 1.95 bits per heavy atom. The number of methoxy groups -OCH3 is 2. The predicted molar refractivity (Wildman–Crippen MR) is 70.7 cm³/mol. The summed E-state index contributed by atoms with van der Waals surface area (Å²) in [6.07, 6.45) is 0. The summed E-state index contributed by atoms with van der Waals surface area (Å²) in [7, 11) is 3.21. The molecule has 0 radical (unpaired) electrons. The van der Waals surface area contributed by atoms with E-state index in [4.69, 9.17) is 14.6 Å². The predicted octanol–water partition coefficient (Wildman–Crippen LogP) is 1.78. The minimum absolute atomic E-state index is 0.176. The van der Waals surface area contributed by atoms with Gasteiger partial charge in [-0.15, -0.1) is 0 Å². The number of rotatable bonds is 5. The average Bonchev–Trinajstić information content (AvgIpc) is 2.35. The van der Waals surface area contributed by atoms with Gasteiger partial charge in [0.1, 0.15) is 0 Å². The van der Waals surface area contributed by atoms with Gasteiger partial charge in [-0.2, -0.15) is 0 Å². The van der Waals surface area contributed by atoms with Gasteiger partial charge in [-0.3, -0.25) is 9.69 Å². The molecule has 5 nitrogen and oxygen atoms in total. The highest BCUT2D eigenvalue weighted by Crippen LogP contribution is 2.34. The zero-order valence-electron chi connectivity index (χ0n) is 11.4. The molecule has 5 heteroatoms. The van der Waals surface area contributed by atoms with Crippen molar-refractivity contribution in [3.63, 3.8) is 0 Å². The summed E-state index contributed by atoms with van der Waals surface area (Å²) in [6, 6.07) is 5.98. The fraction of sp³-hybridized carbons (Fsp3) is 0.500. The lowest BCUT2D eigenvalue weighted by Gasteiger charge is -2.41. The second kappa shape index (κ2) is 5.48. The van der Waals surface area contributed by atoms with E-state index in [1.54, 1.807) is 14.2 Å². The first-order chi connectivity index (χ1) is 9.06. The van der Waals surface area contributed by atoms with Crippen LogP contribution in [0.15, 0.2) is 18.2 Å². The number of likely N-dealkylation sites (tertiary alicyclic amines) is 1. The third kappa shape index (κ3) is 2.66. The molecule has 1 atom stereocenters. The molecule has 1 aliphatic rings. The molecule has 0 bridgehead atoms. The molecular formula is C14H19NO4. The Morgan fingerprint density at radius 3 is 2.47 bits per heavy atom. The van der Waals surface area contributed by atoms with Crippen molar-refractivity contribution in [3.05, 3.63) is 23.8 Å². The van der Waals surface area contributed by atoms with Crippen molar-refractivity contribution in [2.75, 3.05) is 27.3 Å². The van der Waals surface area contributed by atoms with Crippen LogP contribution in [0.4, 0.5) is 0 Å². The van der Waals surface area contributed by atoms with Gasteiger partial charge in [-0.1, -0.05) is 6.07 Å². The van der Waals surface area contributed by atoms with E-state index in [0.29, 0.717) is 24.6 Å². The maximum atomic E-state index is 10.8. The van der Waals surface area contributed by atoms with Gasteiger partial charge in [0.05, 0.1) is 20.1 Å². The molecule has 1 unspecified atom stereocenters. The smallest absolute Gasteiger partial charge is 0.309 e. The van der Waals surface area contributed by atoms with Crippen LogP contribution < -0.4 is 9.47 Å². The maximum absolute atomic E-state index is 10.8. The van der Waals surface area contributed by atoms with Crippen LogP contribution in [0.5, 0.6) is 11.5 Å². The van der Waals surface area contributed by atoms with Gasteiger partial charge in [0.15, 0.2) is 11.5 Å². The summed E-state index contributed by atoms with van der Waals surface area (Å²) in [5.41, 5.74) is 1.10. The first-order valence-corrected chi connectivity index (χ1v) is 6.25. The Balaban J connectivity index is 2.08. The Kier molecular flexibility index (Phi) is 3.95. The molecule has 1 aromatic carbocycles. The standard InChI is InChI=1S/C14H19NO4/c1-9(15-7-11(8-15)14(16)17)10-4-5-12(18-2)13(6-10)19-3/h4-6,9,11H,7-8H2,1-3H3,(H,16,17). The summed E-state index contributed by atoms with van der Waals surface area (Å²) in [5.74, 6) is 0.450. The second-order valence-electron chi connectivity index (χ2n) is 4.78. The molecule has 1 aliphatic heterocycles. The van der Waals surface area contributed by atoms with Crippen LogP contribution in [0.25, 0.3) is 0 Å². The maximum Gasteiger partial charge on any atom is 0.309 e. The molecule has 0 aliphatic carbocycles. The van der Waals surface area contributed by atoms with E-state index in [0.717, 1.165) is 5.56 Å². The van der Waals surface area contributed by atoms with Crippen LogP contribution in [0.3, 0.4) is 0 Å². The fourth-order valence-electron chi connectivity index (χ4n) is 2.31. The minimum Gasteiger partial charge on any atom is -0.493 e. The largest absolute Gasteiger partial charge is 0.493 e. The lowest BCUT2D eigenvalue weighted by Crippen LogP contribution is -2.51. The van der Waals surface area contributed by atoms with Crippen molar-refractivity contribution in [3.8, 4) is 11.5 Å². The van der Waals surface area contributed by atoms with E-state index in [9.17, 15) is 4.79 Å². The Hall–Kier alpha value is -1.75. The van der Waals surface area contributed by atoms with Gasteiger partial charge in [0, 0.05) is 19.1 Å². The summed E-state index contributed by atoms with van der Waals surface area (Å²) in [5, 5.41) is 8.89. The first-order valence-electron chi connectivity index (χ1n) is 6.25. The van der Waals surface area contributed by atoms with Crippen LogP contribution >= 0.6 is 0 Å². The molecule has 104 valence electrons. The normalized spacial score (nSPS) is 17.6. The van der Waals surface area contributed by atoms with Crippen LogP contribution in [0.2, 0.25) is 0 Å². The molecule has 0 amide bonds. The molecule has 0 spiro atoms. The van der Waals surface area contributed by atoms with Crippen LogP contribution in [-0.4, -0.2) is 43.3 Å². The van der Waals surface area contributed by atoms with Crippen LogP contribution in [0, 0.1) is 5.92 Å². The van der Waals surface area contributed by atoms with Crippen LogP contribution in [0.1, 0.15) is 18.5 Å². The zero-order chi connectivity index (χ0) is 14.0. The first kappa shape index (κ1) is 13.7. The lowest BCUT2D eigenvalue weighted by molar-refractivity contribution is -0.148. The third-order valence-corrected chi connectivity index (χ3v) is 3.70. The lowest BCUT2D eigenvalue weighted by atomic mass is 9.95. The van der Waals surface area contributed by atoms with Crippen molar-refractivity contribution in [2.45, 2.75) is 13.0 Å². The van der Waals surface area contributed by atoms with Crippen molar-refractivity contribution >= 4 is 5.97 Å². The Labute approximate surface area is 112 Å². The third-order valence-electron chi connectivity index (χ3n) is 3.70. The molecule has 2 rings (SSSR count). The number of hydrogen-bond donors (Lipinski definition) is 1. The van der Waals surface area contributed by atoms with Crippen molar-refractivity contribution in [2.24, 2.45) is 5.92 Å². The topological polar surface area (TPSA) is 59.0 Å².